The zero-order valence-corrected chi connectivity index (χ0v) is 16.6. The number of nitrogens with zero attached hydrogens (tertiary/aromatic N) is 2. The number of hydrogen-bond acceptors (Lipinski definition) is 4. The van der Waals surface area contributed by atoms with Gasteiger partial charge < -0.3 is 10.1 Å². The number of halogens is 2. The van der Waals surface area contributed by atoms with E-state index < -0.39 is 24.3 Å². The molecule has 8 heteroatoms. The zero-order chi connectivity index (χ0) is 20.5. The SMILES string of the molecule is CCCCn1nc(C)c(/C=C/C(=O)OCC(=O)NCc2ccccc2F)c1Cl. The summed E-state index contributed by atoms with van der Waals surface area (Å²) < 4.78 is 20.1. The molecule has 0 aliphatic rings. The molecular formula is C20H23ClFN3O3. The van der Waals surface area contributed by atoms with Gasteiger partial charge in [0.05, 0.1) is 5.69 Å². The quantitative estimate of drug-likeness (QED) is 0.508. The number of rotatable bonds is 9. The number of ether oxygens (including phenoxy) is 1. The van der Waals surface area contributed by atoms with Crippen molar-refractivity contribution in [2.24, 2.45) is 0 Å². The second kappa shape index (κ2) is 10.6. The summed E-state index contributed by atoms with van der Waals surface area (Å²) in [5.41, 5.74) is 1.69. The fraction of sp³-hybridized carbons (Fsp3) is 0.350. The van der Waals surface area contributed by atoms with Gasteiger partial charge in [-0.3, -0.25) is 9.48 Å². The lowest BCUT2D eigenvalue weighted by Gasteiger charge is -2.06. The van der Waals surface area contributed by atoms with Gasteiger partial charge in [0, 0.05) is 30.3 Å². The predicted molar refractivity (Wildman–Crippen MR) is 105 cm³/mol. The van der Waals surface area contributed by atoms with Crippen LogP contribution in [0.25, 0.3) is 6.08 Å². The summed E-state index contributed by atoms with van der Waals surface area (Å²) in [4.78, 5) is 23.6. The maximum atomic E-state index is 13.5. The second-order valence-electron chi connectivity index (χ2n) is 6.18. The van der Waals surface area contributed by atoms with Crippen molar-refractivity contribution in [1.82, 2.24) is 15.1 Å². The number of hydrogen-bond donors (Lipinski definition) is 1. The number of amides is 1. The van der Waals surface area contributed by atoms with Gasteiger partial charge in [0.1, 0.15) is 11.0 Å². The van der Waals surface area contributed by atoms with E-state index in [1.54, 1.807) is 29.8 Å². The zero-order valence-electron chi connectivity index (χ0n) is 15.9. The lowest BCUT2D eigenvalue weighted by atomic mass is 10.2. The van der Waals surface area contributed by atoms with Crippen LogP contribution in [0.1, 0.15) is 36.6 Å². The van der Waals surface area contributed by atoms with Gasteiger partial charge in [0.25, 0.3) is 5.91 Å². The molecule has 0 unspecified atom stereocenters. The van der Waals surface area contributed by atoms with Crippen molar-refractivity contribution >= 4 is 29.6 Å². The number of esters is 1. The van der Waals surface area contributed by atoms with Crippen molar-refractivity contribution in [3.8, 4) is 0 Å². The molecule has 0 aliphatic carbocycles. The van der Waals surface area contributed by atoms with E-state index in [0.29, 0.717) is 28.5 Å². The van der Waals surface area contributed by atoms with Crippen LogP contribution in [0.15, 0.2) is 30.3 Å². The molecule has 2 rings (SSSR count). The van der Waals surface area contributed by atoms with Crippen LogP contribution < -0.4 is 5.32 Å². The number of unbranched alkanes of at least 4 members (excludes halogenated alkanes) is 1. The van der Waals surface area contributed by atoms with E-state index in [-0.39, 0.29) is 6.54 Å². The summed E-state index contributed by atoms with van der Waals surface area (Å²) in [6.07, 6.45) is 4.69. The topological polar surface area (TPSA) is 73.2 Å². The predicted octanol–water partition coefficient (Wildman–Crippen LogP) is 3.66. The van der Waals surface area contributed by atoms with Crippen LogP contribution in [-0.4, -0.2) is 28.3 Å². The molecular weight excluding hydrogens is 385 g/mol. The number of carbonyl (C=O) groups excluding carboxylic acids is 2. The molecule has 1 N–H and O–H groups in total. The summed E-state index contributed by atoms with van der Waals surface area (Å²) in [6.45, 7) is 4.14. The van der Waals surface area contributed by atoms with E-state index in [2.05, 4.69) is 17.3 Å². The fourth-order valence-corrected chi connectivity index (χ4v) is 2.76. The van der Waals surface area contributed by atoms with E-state index >= 15 is 0 Å². The van der Waals surface area contributed by atoms with Gasteiger partial charge in [0.2, 0.25) is 0 Å². The third kappa shape index (κ3) is 6.20. The van der Waals surface area contributed by atoms with Gasteiger partial charge in [-0.1, -0.05) is 43.1 Å². The number of carbonyl (C=O) groups is 2. The molecule has 0 saturated heterocycles. The number of benzene rings is 1. The highest BCUT2D eigenvalue weighted by Crippen LogP contribution is 2.21. The molecule has 0 atom stereocenters. The number of aromatic nitrogens is 2. The minimum absolute atomic E-state index is 0.0185. The van der Waals surface area contributed by atoms with Gasteiger partial charge in [0.15, 0.2) is 6.61 Å². The van der Waals surface area contributed by atoms with E-state index in [9.17, 15) is 14.0 Å². The molecule has 28 heavy (non-hydrogen) atoms. The summed E-state index contributed by atoms with van der Waals surface area (Å²) in [5, 5.41) is 7.30. The standard InChI is InChI=1S/C20H23ClFN3O3/c1-3-4-11-25-20(21)16(14(2)24-25)9-10-19(27)28-13-18(26)23-12-15-7-5-6-8-17(15)22/h5-10H,3-4,11-13H2,1-2H3,(H,23,26)/b10-9+. The maximum absolute atomic E-state index is 13.5. The van der Waals surface area contributed by atoms with Crippen molar-refractivity contribution < 1.29 is 18.7 Å². The van der Waals surface area contributed by atoms with Crippen molar-refractivity contribution in [2.45, 2.75) is 39.8 Å². The number of aryl methyl sites for hydroxylation is 2. The molecule has 2 aromatic rings. The van der Waals surface area contributed by atoms with Crippen molar-refractivity contribution in [3.05, 3.63) is 58.1 Å². The van der Waals surface area contributed by atoms with E-state index in [1.165, 1.54) is 18.2 Å². The molecule has 0 spiro atoms. The van der Waals surface area contributed by atoms with E-state index in [0.717, 1.165) is 12.8 Å². The first kappa shape index (κ1) is 21.6. The molecule has 6 nitrogen and oxygen atoms in total. The first-order chi connectivity index (χ1) is 13.4. The van der Waals surface area contributed by atoms with Crippen LogP contribution in [0, 0.1) is 12.7 Å². The Bertz CT molecular complexity index is 864. The molecule has 1 aromatic carbocycles. The minimum Gasteiger partial charge on any atom is -0.452 e. The van der Waals surface area contributed by atoms with E-state index in [1.807, 2.05) is 0 Å². The summed E-state index contributed by atoms with van der Waals surface area (Å²) in [5.74, 6) is -1.61. The summed E-state index contributed by atoms with van der Waals surface area (Å²) >= 11 is 6.29. The third-order valence-electron chi connectivity index (χ3n) is 4.00. The third-order valence-corrected chi connectivity index (χ3v) is 4.40. The first-order valence-corrected chi connectivity index (χ1v) is 9.38. The summed E-state index contributed by atoms with van der Waals surface area (Å²) in [6, 6.07) is 6.12. The molecule has 0 saturated carbocycles. The Kier molecular flexibility index (Phi) is 8.19. The Morgan fingerprint density at radius 2 is 2.11 bits per heavy atom. The Labute approximate surface area is 168 Å². The smallest absolute Gasteiger partial charge is 0.331 e. The second-order valence-corrected chi connectivity index (χ2v) is 6.53. The maximum Gasteiger partial charge on any atom is 0.331 e. The Morgan fingerprint density at radius 1 is 1.36 bits per heavy atom. The highest BCUT2D eigenvalue weighted by Gasteiger charge is 2.12. The van der Waals surface area contributed by atoms with Crippen LogP contribution >= 0.6 is 11.6 Å². The van der Waals surface area contributed by atoms with Crippen LogP contribution in [0.5, 0.6) is 0 Å². The molecule has 150 valence electrons. The largest absolute Gasteiger partial charge is 0.452 e. The molecule has 0 radical (unpaired) electrons. The monoisotopic (exact) mass is 407 g/mol. The van der Waals surface area contributed by atoms with Gasteiger partial charge in [-0.25, -0.2) is 9.18 Å². The number of nitrogens with one attached hydrogen (secondary N) is 1. The molecule has 1 aromatic heterocycles. The van der Waals surface area contributed by atoms with Crippen molar-refractivity contribution in [3.63, 3.8) is 0 Å². The lowest BCUT2D eigenvalue weighted by molar-refractivity contribution is -0.143. The van der Waals surface area contributed by atoms with Gasteiger partial charge in [-0.15, -0.1) is 0 Å². The molecule has 0 bridgehead atoms. The van der Waals surface area contributed by atoms with Crippen LogP contribution in [0.3, 0.4) is 0 Å². The van der Waals surface area contributed by atoms with Crippen LogP contribution in [0.4, 0.5) is 4.39 Å². The normalized spacial score (nSPS) is 11.0. The van der Waals surface area contributed by atoms with Crippen LogP contribution in [-0.2, 0) is 27.4 Å². The molecule has 0 fully saturated rings. The van der Waals surface area contributed by atoms with Gasteiger partial charge >= 0.3 is 5.97 Å². The Hall–Kier alpha value is -2.67. The molecule has 1 amide bonds. The average Bonchev–Trinajstić information content (AvgIpc) is 2.95. The fourth-order valence-electron chi connectivity index (χ4n) is 2.44. The summed E-state index contributed by atoms with van der Waals surface area (Å²) in [7, 11) is 0. The van der Waals surface area contributed by atoms with Crippen molar-refractivity contribution in [2.75, 3.05) is 6.61 Å². The van der Waals surface area contributed by atoms with Crippen molar-refractivity contribution in [1.29, 1.82) is 0 Å². The Morgan fingerprint density at radius 3 is 2.82 bits per heavy atom. The first-order valence-electron chi connectivity index (χ1n) is 9.00. The lowest BCUT2D eigenvalue weighted by Crippen LogP contribution is -2.28. The average molecular weight is 408 g/mol. The highest BCUT2D eigenvalue weighted by atomic mass is 35.5. The van der Waals surface area contributed by atoms with Crippen LogP contribution in [0.2, 0.25) is 5.15 Å². The Balaban J connectivity index is 1.83. The van der Waals surface area contributed by atoms with E-state index in [4.69, 9.17) is 16.3 Å². The molecule has 0 aliphatic heterocycles. The van der Waals surface area contributed by atoms with Gasteiger partial charge in [-0.05, 0) is 25.5 Å². The highest BCUT2D eigenvalue weighted by molar-refractivity contribution is 6.31. The minimum atomic E-state index is -0.683. The molecule has 1 heterocycles. The van der Waals surface area contributed by atoms with Gasteiger partial charge in [-0.2, -0.15) is 5.10 Å².